The highest BCUT2D eigenvalue weighted by molar-refractivity contribution is 5.64. The Kier molecular flexibility index (Phi) is 5.65. The van der Waals surface area contributed by atoms with Crippen molar-refractivity contribution < 1.29 is 18.1 Å². The quantitative estimate of drug-likeness (QED) is 0.586. The van der Waals surface area contributed by atoms with Gasteiger partial charge in [-0.05, 0) is 24.1 Å². The molecule has 1 aliphatic rings. The minimum atomic E-state index is -4.60. The lowest BCUT2D eigenvalue weighted by Gasteiger charge is -2.24. The fourth-order valence-electron chi connectivity index (χ4n) is 3.32. The zero-order valence-corrected chi connectivity index (χ0v) is 14.7. The number of nitro groups is 1. The normalized spacial score (nSPS) is 16.2. The molecule has 0 aromatic heterocycles. The summed E-state index contributed by atoms with van der Waals surface area (Å²) in [6.07, 6.45) is -3.82. The van der Waals surface area contributed by atoms with Gasteiger partial charge in [0.25, 0.3) is 5.69 Å². The van der Waals surface area contributed by atoms with E-state index in [1.807, 2.05) is 35.2 Å². The summed E-state index contributed by atoms with van der Waals surface area (Å²) in [5.41, 5.74) is -0.0687. The topological polar surface area (TPSA) is 49.6 Å². The zero-order valence-electron chi connectivity index (χ0n) is 14.7. The van der Waals surface area contributed by atoms with Crippen LogP contribution >= 0.6 is 0 Å². The first kappa shape index (κ1) is 19.2. The van der Waals surface area contributed by atoms with E-state index in [1.165, 1.54) is 11.6 Å². The second-order valence-electron chi connectivity index (χ2n) is 6.56. The Hall–Kier alpha value is -2.61. The first-order valence-electron chi connectivity index (χ1n) is 8.71. The van der Waals surface area contributed by atoms with Crippen molar-refractivity contribution in [2.75, 3.05) is 31.1 Å². The molecule has 1 aliphatic heterocycles. The Morgan fingerprint density at radius 1 is 1.00 bits per heavy atom. The van der Waals surface area contributed by atoms with Crippen LogP contribution in [0, 0.1) is 10.1 Å². The maximum atomic E-state index is 12.9. The van der Waals surface area contributed by atoms with Crippen LogP contribution in [-0.4, -0.2) is 36.0 Å². The van der Waals surface area contributed by atoms with Gasteiger partial charge in [-0.3, -0.25) is 15.0 Å². The molecule has 144 valence electrons. The van der Waals surface area contributed by atoms with Crippen molar-refractivity contribution in [1.29, 1.82) is 0 Å². The number of hydrogen-bond donors (Lipinski definition) is 0. The van der Waals surface area contributed by atoms with Crippen molar-refractivity contribution in [3.05, 3.63) is 69.8 Å². The summed E-state index contributed by atoms with van der Waals surface area (Å²) in [5, 5.41) is 11.3. The van der Waals surface area contributed by atoms with E-state index in [0.29, 0.717) is 25.7 Å². The number of alkyl halides is 3. The fraction of sp³-hybridized carbons (Fsp3) is 0.368. The van der Waals surface area contributed by atoms with Crippen LogP contribution in [0.4, 0.5) is 24.5 Å². The van der Waals surface area contributed by atoms with Gasteiger partial charge in [-0.2, -0.15) is 13.2 Å². The van der Waals surface area contributed by atoms with Crippen molar-refractivity contribution in [3.8, 4) is 0 Å². The molecule has 0 amide bonds. The predicted molar refractivity (Wildman–Crippen MR) is 96.6 cm³/mol. The average molecular weight is 379 g/mol. The lowest BCUT2D eigenvalue weighted by molar-refractivity contribution is -0.384. The Bertz CT molecular complexity index is 797. The molecule has 1 heterocycles. The molecule has 1 saturated heterocycles. The molecule has 0 radical (unpaired) electrons. The highest BCUT2D eigenvalue weighted by Crippen LogP contribution is 2.36. The van der Waals surface area contributed by atoms with E-state index in [2.05, 4.69) is 4.90 Å². The van der Waals surface area contributed by atoms with Crippen LogP contribution in [0.25, 0.3) is 0 Å². The first-order valence-corrected chi connectivity index (χ1v) is 8.71. The van der Waals surface area contributed by atoms with Gasteiger partial charge < -0.3 is 4.90 Å². The summed E-state index contributed by atoms with van der Waals surface area (Å²) in [5.74, 6) is 0. The SMILES string of the molecule is O=[N+]([O-])c1cc(C(F)(F)F)ccc1N1CCCN(Cc2ccccc2)CC1. The molecular formula is C19H20F3N3O2. The van der Waals surface area contributed by atoms with Crippen molar-refractivity contribution in [1.82, 2.24) is 4.90 Å². The summed E-state index contributed by atoms with van der Waals surface area (Å²) in [4.78, 5) is 14.7. The van der Waals surface area contributed by atoms with E-state index in [9.17, 15) is 23.3 Å². The molecule has 0 atom stereocenters. The summed E-state index contributed by atoms with van der Waals surface area (Å²) in [6, 6.07) is 12.8. The highest BCUT2D eigenvalue weighted by atomic mass is 19.4. The lowest BCUT2D eigenvalue weighted by Crippen LogP contribution is -2.31. The van der Waals surface area contributed by atoms with Crippen molar-refractivity contribution in [2.45, 2.75) is 19.1 Å². The van der Waals surface area contributed by atoms with Gasteiger partial charge >= 0.3 is 6.18 Å². The van der Waals surface area contributed by atoms with Gasteiger partial charge in [0.2, 0.25) is 0 Å². The number of nitrogens with zero attached hydrogens (tertiary/aromatic N) is 3. The van der Waals surface area contributed by atoms with Crippen LogP contribution in [0.5, 0.6) is 0 Å². The van der Waals surface area contributed by atoms with Crippen molar-refractivity contribution in [2.24, 2.45) is 0 Å². The summed E-state index contributed by atoms with van der Waals surface area (Å²) < 4.78 is 38.7. The van der Waals surface area contributed by atoms with E-state index < -0.39 is 22.4 Å². The molecule has 0 unspecified atom stereocenters. The van der Waals surface area contributed by atoms with E-state index in [1.54, 1.807) is 0 Å². The van der Waals surface area contributed by atoms with Gasteiger partial charge in [-0.15, -0.1) is 0 Å². The van der Waals surface area contributed by atoms with Gasteiger partial charge in [0, 0.05) is 38.8 Å². The van der Waals surface area contributed by atoms with Crippen molar-refractivity contribution in [3.63, 3.8) is 0 Å². The number of rotatable bonds is 4. The van der Waals surface area contributed by atoms with Gasteiger partial charge in [-0.25, -0.2) is 0 Å². The molecule has 8 heteroatoms. The fourth-order valence-corrected chi connectivity index (χ4v) is 3.32. The maximum absolute atomic E-state index is 12.9. The molecule has 2 aromatic rings. The standard InChI is InChI=1S/C19H20F3N3O2/c20-19(21,22)16-7-8-17(18(13-16)25(26)27)24-10-4-9-23(11-12-24)14-15-5-2-1-3-6-15/h1-3,5-8,13H,4,9-12,14H2. The van der Waals surface area contributed by atoms with E-state index in [-0.39, 0.29) is 5.69 Å². The summed E-state index contributed by atoms with van der Waals surface area (Å²) in [6.45, 7) is 3.40. The molecule has 0 aliphatic carbocycles. The third-order valence-corrected chi connectivity index (χ3v) is 4.68. The van der Waals surface area contributed by atoms with E-state index in [4.69, 9.17) is 0 Å². The zero-order chi connectivity index (χ0) is 19.4. The molecule has 0 spiro atoms. The Morgan fingerprint density at radius 2 is 1.74 bits per heavy atom. The Morgan fingerprint density at radius 3 is 2.41 bits per heavy atom. The lowest BCUT2D eigenvalue weighted by atomic mass is 10.1. The Labute approximate surface area is 155 Å². The largest absolute Gasteiger partial charge is 0.416 e. The van der Waals surface area contributed by atoms with Crippen LogP contribution in [0.2, 0.25) is 0 Å². The third-order valence-electron chi connectivity index (χ3n) is 4.68. The number of anilines is 1. The predicted octanol–water partition coefficient (Wildman–Crippen LogP) is 4.33. The molecule has 5 nitrogen and oxygen atoms in total. The van der Waals surface area contributed by atoms with Gasteiger partial charge in [0.05, 0.1) is 10.5 Å². The molecule has 1 fully saturated rings. The average Bonchev–Trinajstić information content (AvgIpc) is 2.87. The molecule has 0 bridgehead atoms. The minimum Gasteiger partial charge on any atom is -0.365 e. The minimum absolute atomic E-state index is 0.245. The summed E-state index contributed by atoms with van der Waals surface area (Å²) >= 11 is 0. The second-order valence-corrected chi connectivity index (χ2v) is 6.56. The molecule has 0 saturated carbocycles. The van der Waals surface area contributed by atoms with Crippen LogP contribution in [-0.2, 0) is 12.7 Å². The molecule has 0 N–H and O–H groups in total. The van der Waals surface area contributed by atoms with E-state index >= 15 is 0 Å². The molecular weight excluding hydrogens is 359 g/mol. The van der Waals surface area contributed by atoms with E-state index in [0.717, 1.165) is 25.6 Å². The van der Waals surface area contributed by atoms with Gasteiger partial charge in [0.15, 0.2) is 0 Å². The number of halogens is 3. The second kappa shape index (κ2) is 7.96. The Balaban J connectivity index is 1.76. The first-order chi connectivity index (χ1) is 12.8. The smallest absolute Gasteiger partial charge is 0.365 e. The highest BCUT2D eigenvalue weighted by Gasteiger charge is 2.34. The van der Waals surface area contributed by atoms with Crippen LogP contribution < -0.4 is 4.90 Å². The number of hydrogen-bond acceptors (Lipinski definition) is 4. The molecule has 3 rings (SSSR count). The number of benzene rings is 2. The third kappa shape index (κ3) is 4.77. The van der Waals surface area contributed by atoms with Crippen LogP contribution in [0.1, 0.15) is 17.5 Å². The van der Waals surface area contributed by atoms with Gasteiger partial charge in [0.1, 0.15) is 5.69 Å². The molecule has 2 aromatic carbocycles. The number of nitro benzene ring substituents is 1. The van der Waals surface area contributed by atoms with Crippen LogP contribution in [0.3, 0.4) is 0 Å². The summed E-state index contributed by atoms with van der Waals surface area (Å²) in [7, 11) is 0. The maximum Gasteiger partial charge on any atom is 0.416 e. The monoisotopic (exact) mass is 379 g/mol. The van der Waals surface area contributed by atoms with Crippen LogP contribution in [0.15, 0.2) is 48.5 Å². The van der Waals surface area contributed by atoms with Crippen molar-refractivity contribution >= 4 is 11.4 Å². The van der Waals surface area contributed by atoms with Gasteiger partial charge in [-0.1, -0.05) is 30.3 Å². The molecule has 27 heavy (non-hydrogen) atoms.